The Balaban J connectivity index is 1.65. The number of methoxy groups -OCH3 is 2. The van der Waals surface area contributed by atoms with Gasteiger partial charge in [-0.2, -0.15) is 0 Å². The van der Waals surface area contributed by atoms with Crippen LogP contribution in [0.3, 0.4) is 0 Å². The lowest BCUT2D eigenvalue weighted by molar-refractivity contribution is -0.121. The Morgan fingerprint density at radius 2 is 1.76 bits per heavy atom. The van der Waals surface area contributed by atoms with Crippen molar-refractivity contribution >= 4 is 22.9 Å². The van der Waals surface area contributed by atoms with E-state index in [1.165, 1.54) is 0 Å². The van der Waals surface area contributed by atoms with Crippen molar-refractivity contribution < 1.29 is 19.0 Å². The monoisotopic (exact) mass is 412 g/mol. The summed E-state index contributed by atoms with van der Waals surface area (Å²) in [5, 5.41) is 8.13. The van der Waals surface area contributed by atoms with Crippen molar-refractivity contribution in [3.05, 3.63) is 64.9 Å². The van der Waals surface area contributed by atoms with Crippen LogP contribution < -0.4 is 24.8 Å². The van der Waals surface area contributed by atoms with Gasteiger partial charge in [0.25, 0.3) is 0 Å². The average molecular weight is 413 g/mol. The van der Waals surface area contributed by atoms with Crippen molar-refractivity contribution in [2.45, 2.75) is 19.5 Å². The third-order valence-corrected chi connectivity index (χ3v) is 5.12. The fraction of sp³-hybridized carbons (Fsp3) is 0.227. The van der Waals surface area contributed by atoms with Gasteiger partial charge in [-0.25, -0.2) is 0 Å². The lowest BCUT2D eigenvalue weighted by atomic mass is 10.2. The number of thiophene rings is 1. The zero-order valence-electron chi connectivity index (χ0n) is 16.6. The maximum absolute atomic E-state index is 12.4. The SMILES string of the molecule is COc1ccc(Oc2cc(NC(C)C(=O)NCc3cccs3)ccc2OC)cc1. The summed E-state index contributed by atoms with van der Waals surface area (Å²) < 4.78 is 16.5. The normalized spacial score (nSPS) is 11.4. The molecule has 0 saturated heterocycles. The number of carbonyl (C=O) groups excluding carboxylic acids is 1. The van der Waals surface area contributed by atoms with Crippen LogP contribution >= 0.6 is 11.3 Å². The molecule has 1 unspecified atom stereocenters. The molecule has 0 aliphatic heterocycles. The van der Waals surface area contributed by atoms with E-state index in [-0.39, 0.29) is 5.91 Å². The Morgan fingerprint density at radius 3 is 2.41 bits per heavy atom. The van der Waals surface area contributed by atoms with Crippen LogP contribution in [0.15, 0.2) is 60.0 Å². The minimum atomic E-state index is -0.405. The molecule has 1 amide bonds. The van der Waals surface area contributed by atoms with Gasteiger partial charge in [0.1, 0.15) is 17.5 Å². The molecule has 0 radical (unpaired) electrons. The molecule has 3 aromatic rings. The summed E-state index contributed by atoms with van der Waals surface area (Å²) in [6, 6.07) is 16.3. The predicted octanol–water partition coefficient (Wildman–Crippen LogP) is 4.67. The summed E-state index contributed by atoms with van der Waals surface area (Å²) in [4.78, 5) is 13.5. The van der Waals surface area contributed by atoms with Gasteiger partial charge in [-0.15, -0.1) is 11.3 Å². The Hall–Kier alpha value is -3.19. The van der Waals surface area contributed by atoms with E-state index in [4.69, 9.17) is 14.2 Å². The van der Waals surface area contributed by atoms with Crippen molar-refractivity contribution in [1.29, 1.82) is 0 Å². The number of hydrogen-bond donors (Lipinski definition) is 2. The second-order valence-electron chi connectivity index (χ2n) is 6.31. The summed E-state index contributed by atoms with van der Waals surface area (Å²) in [7, 11) is 3.20. The second kappa shape index (κ2) is 9.84. The predicted molar refractivity (Wildman–Crippen MR) is 115 cm³/mol. The van der Waals surface area contributed by atoms with Crippen LogP contribution in [0.25, 0.3) is 0 Å². The summed E-state index contributed by atoms with van der Waals surface area (Å²) in [6.07, 6.45) is 0. The van der Waals surface area contributed by atoms with E-state index in [1.54, 1.807) is 31.6 Å². The maximum Gasteiger partial charge on any atom is 0.242 e. The van der Waals surface area contributed by atoms with Gasteiger partial charge in [-0.3, -0.25) is 4.79 Å². The van der Waals surface area contributed by atoms with Gasteiger partial charge >= 0.3 is 0 Å². The molecule has 0 fully saturated rings. The highest BCUT2D eigenvalue weighted by molar-refractivity contribution is 7.09. The van der Waals surface area contributed by atoms with E-state index >= 15 is 0 Å². The standard InChI is InChI=1S/C22H24N2O4S/c1-15(22(25)23-14-19-5-4-12-29-19)24-16-6-11-20(27-3)21(13-16)28-18-9-7-17(26-2)8-10-18/h4-13,15,24H,14H2,1-3H3,(H,23,25). The van der Waals surface area contributed by atoms with E-state index in [0.717, 1.165) is 16.3 Å². The smallest absolute Gasteiger partial charge is 0.242 e. The molecule has 2 aromatic carbocycles. The first-order valence-corrected chi connectivity index (χ1v) is 10.0. The largest absolute Gasteiger partial charge is 0.497 e. The third kappa shape index (κ3) is 5.65. The van der Waals surface area contributed by atoms with Crippen molar-refractivity contribution in [3.8, 4) is 23.0 Å². The molecular weight excluding hydrogens is 388 g/mol. The van der Waals surface area contributed by atoms with Gasteiger partial charge in [0.05, 0.1) is 20.8 Å². The Labute approximate surface area is 174 Å². The fourth-order valence-electron chi connectivity index (χ4n) is 2.67. The van der Waals surface area contributed by atoms with Crippen LogP contribution in [-0.2, 0) is 11.3 Å². The first kappa shape index (κ1) is 20.5. The molecule has 1 heterocycles. The first-order valence-electron chi connectivity index (χ1n) is 9.15. The van der Waals surface area contributed by atoms with E-state index in [2.05, 4.69) is 10.6 Å². The Kier molecular flexibility index (Phi) is 6.97. The van der Waals surface area contributed by atoms with Gasteiger partial charge in [0.2, 0.25) is 5.91 Å². The van der Waals surface area contributed by atoms with Crippen molar-refractivity contribution in [1.82, 2.24) is 5.32 Å². The molecule has 6 nitrogen and oxygen atoms in total. The minimum Gasteiger partial charge on any atom is -0.497 e. The first-order chi connectivity index (χ1) is 14.1. The van der Waals surface area contributed by atoms with Crippen LogP contribution in [0.1, 0.15) is 11.8 Å². The van der Waals surface area contributed by atoms with E-state index < -0.39 is 6.04 Å². The molecule has 0 bridgehead atoms. The summed E-state index contributed by atoms with van der Waals surface area (Å²) in [5.74, 6) is 2.48. The second-order valence-corrected chi connectivity index (χ2v) is 7.34. The third-order valence-electron chi connectivity index (χ3n) is 4.24. The Bertz CT molecular complexity index is 926. The highest BCUT2D eigenvalue weighted by atomic mass is 32.1. The van der Waals surface area contributed by atoms with Crippen LogP contribution in [-0.4, -0.2) is 26.2 Å². The maximum atomic E-state index is 12.4. The van der Waals surface area contributed by atoms with E-state index in [1.807, 2.05) is 60.8 Å². The number of amides is 1. The number of anilines is 1. The quantitative estimate of drug-likeness (QED) is 0.534. The number of benzene rings is 2. The van der Waals surface area contributed by atoms with Crippen LogP contribution in [0.5, 0.6) is 23.0 Å². The van der Waals surface area contributed by atoms with Gasteiger partial charge in [-0.1, -0.05) is 6.07 Å². The molecular formula is C22H24N2O4S. The van der Waals surface area contributed by atoms with Gasteiger partial charge in [-0.05, 0) is 54.8 Å². The average Bonchev–Trinajstić information content (AvgIpc) is 3.26. The molecule has 7 heteroatoms. The molecule has 0 aliphatic rings. The fourth-order valence-corrected chi connectivity index (χ4v) is 3.32. The number of hydrogen-bond acceptors (Lipinski definition) is 6. The number of nitrogens with one attached hydrogen (secondary N) is 2. The molecule has 1 atom stereocenters. The summed E-state index contributed by atoms with van der Waals surface area (Å²) in [5.41, 5.74) is 0.757. The summed E-state index contributed by atoms with van der Waals surface area (Å²) in [6.45, 7) is 2.34. The molecule has 0 aliphatic carbocycles. The molecule has 3 rings (SSSR count). The van der Waals surface area contributed by atoms with Gasteiger partial charge < -0.3 is 24.8 Å². The van der Waals surface area contributed by atoms with Crippen LogP contribution in [0, 0.1) is 0 Å². The molecule has 0 spiro atoms. The van der Waals surface area contributed by atoms with Crippen LogP contribution in [0.2, 0.25) is 0 Å². The zero-order chi connectivity index (χ0) is 20.6. The molecule has 2 N–H and O–H groups in total. The lowest BCUT2D eigenvalue weighted by Crippen LogP contribution is -2.37. The molecule has 0 saturated carbocycles. The van der Waals surface area contributed by atoms with Gasteiger partial charge in [0, 0.05) is 16.6 Å². The Morgan fingerprint density at radius 1 is 1.00 bits per heavy atom. The minimum absolute atomic E-state index is 0.0770. The van der Waals surface area contributed by atoms with E-state index in [9.17, 15) is 4.79 Å². The van der Waals surface area contributed by atoms with Crippen molar-refractivity contribution in [2.75, 3.05) is 19.5 Å². The summed E-state index contributed by atoms with van der Waals surface area (Å²) >= 11 is 1.62. The molecule has 29 heavy (non-hydrogen) atoms. The zero-order valence-corrected chi connectivity index (χ0v) is 17.4. The lowest BCUT2D eigenvalue weighted by Gasteiger charge is -2.17. The molecule has 1 aromatic heterocycles. The van der Waals surface area contributed by atoms with Crippen molar-refractivity contribution in [3.63, 3.8) is 0 Å². The highest BCUT2D eigenvalue weighted by Gasteiger charge is 2.14. The molecule has 152 valence electrons. The number of rotatable bonds is 9. The highest BCUT2D eigenvalue weighted by Crippen LogP contribution is 2.34. The number of carbonyl (C=O) groups is 1. The van der Waals surface area contributed by atoms with Crippen LogP contribution in [0.4, 0.5) is 5.69 Å². The topological polar surface area (TPSA) is 68.8 Å². The number of ether oxygens (including phenoxy) is 3. The van der Waals surface area contributed by atoms with Gasteiger partial charge in [0.15, 0.2) is 11.5 Å². The van der Waals surface area contributed by atoms with E-state index in [0.29, 0.717) is 23.8 Å². The van der Waals surface area contributed by atoms with Crippen molar-refractivity contribution in [2.24, 2.45) is 0 Å².